The lowest BCUT2D eigenvalue weighted by Gasteiger charge is -2.27. The van der Waals surface area contributed by atoms with Crippen molar-refractivity contribution in [3.05, 3.63) is 23.7 Å². The molecule has 5 nitrogen and oxygen atoms in total. The van der Waals surface area contributed by atoms with E-state index in [1.165, 1.54) is 0 Å². The summed E-state index contributed by atoms with van der Waals surface area (Å²) in [6.07, 6.45) is 3.39. The lowest BCUT2D eigenvalue weighted by molar-refractivity contribution is -0.138. The Morgan fingerprint density at radius 3 is 2.86 bits per heavy atom. The number of ether oxygens (including phenoxy) is 2. The van der Waals surface area contributed by atoms with E-state index in [4.69, 9.17) is 13.9 Å². The third kappa shape index (κ3) is 3.14. The first kappa shape index (κ1) is 14.6. The van der Waals surface area contributed by atoms with Crippen molar-refractivity contribution in [2.75, 3.05) is 20.3 Å². The standard InChI is InChI=1S/C16H23NO4/c1-11-3-4-13(20-11)10-17(7-8-19-2)16(18)14-9-12-5-6-15(14)21-12/h3-4,12,14-15H,5-10H2,1-2H3. The number of methoxy groups -OCH3 is 1. The molecule has 0 N–H and O–H groups in total. The summed E-state index contributed by atoms with van der Waals surface area (Å²) in [6, 6.07) is 3.86. The molecule has 2 fully saturated rings. The van der Waals surface area contributed by atoms with Crippen LogP contribution >= 0.6 is 0 Å². The number of rotatable bonds is 6. The highest BCUT2D eigenvalue weighted by molar-refractivity contribution is 5.80. The van der Waals surface area contributed by atoms with E-state index in [-0.39, 0.29) is 17.9 Å². The maximum Gasteiger partial charge on any atom is 0.228 e. The lowest BCUT2D eigenvalue weighted by atomic mass is 9.88. The SMILES string of the molecule is COCCN(Cc1ccc(C)o1)C(=O)C1CC2CCC1O2. The Bertz CT molecular complexity index is 498. The van der Waals surface area contributed by atoms with Crippen LogP contribution in [0, 0.1) is 12.8 Å². The Hall–Kier alpha value is -1.33. The Kier molecular flexibility index (Phi) is 4.31. The van der Waals surface area contributed by atoms with Crippen LogP contribution in [0.15, 0.2) is 16.5 Å². The second kappa shape index (κ2) is 6.20. The zero-order valence-electron chi connectivity index (χ0n) is 12.7. The fourth-order valence-electron chi connectivity index (χ4n) is 3.36. The number of amides is 1. The maximum absolute atomic E-state index is 12.8. The van der Waals surface area contributed by atoms with Gasteiger partial charge >= 0.3 is 0 Å². The van der Waals surface area contributed by atoms with Crippen LogP contribution in [0.1, 0.15) is 30.8 Å². The Morgan fingerprint density at radius 2 is 2.29 bits per heavy atom. The third-order valence-electron chi connectivity index (χ3n) is 4.44. The second-order valence-electron chi connectivity index (χ2n) is 5.98. The molecule has 2 bridgehead atoms. The number of carbonyl (C=O) groups excluding carboxylic acids is 1. The van der Waals surface area contributed by atoms with Crippen molar-refractivity contribution in [1.29, 1.82) is 0 Å². The fourth-order valence-corrected chi connectivity index (χ4v) is 3.36. The minimum atomic E-state index is 0.0108. The topological polar surface area (TPSA) is 51.9 Å². The molecular weight excluding hydrogens is 270 g/mol. The van der Waals surface area contributed by atoms with E-state index in [1.54, 1.807) is 7.11 Å². The van der Waals surface area contributed by atoms with Crippen molar-refractivity contribution in [3.8, 4) is 0 Å². The van der Waals surface area contributed by atoms with Crippen LogP contribution in [-0.4, -0.2) is 43.3 Å². The van der Waals surface area contributed by atoms with Crippen LogP contribution < -0.4 is 0 Å². The highest BCUT2D eigenvalue weighted by Crippen LogP contribution is 2.39. The number of furan rings is 1. The average molecular weight is 293 g/mol. The average Bonchev–Trinajstić information content (AvgIpc) is 3.19. The summed E-state index contributed by atoms with van der Waals surface area (Å²) in [5.74, 6) is 1.87. The monoisotopic (exact) mass is 293 g/mol. The number of fused-ring (bicyclic) bond motifs is 2. The van der Waals surface area contributed by atoms with Crippen molar-refractivity contribution in [3.63, 3.8) is 0 Å². The Morgan fingerprint density at radius 1 is 1.43 bits per heavy atom. The quantitative estimate of drug-likeness (QED) is 0.806. The molecule has 0 aromatic carbocycles. The summed E-state index contributed by atoms with van der Waals surface area (Å²) in [4.78, 5) is 14.6. The van der Waals surface area contributed by atoms with Crippen molar-refractivity contribution < 1.29 is 18.7 Å². The number of aryl methyl sites for hydroxylation is 1. The Balaban J connectivity index is 1.67. The van der Waals surface area contributed by atoms with Gasteiger partial charge in [0, 0.05) is 13.7 Å². The van der Waals surface area contributed by atoms with Crippen molar-refractivity contribution in [2.45, 2.75) is 44.9 Å². The zero-order chi connectivity index (χ0) is 14.8. The van der Waals surface area contributed by atoms with Gasteiger partial charge in [-0.25, -0.2) is 0 Å². The summed E-state index contributed by atoms with van der Waals surface area (Å²) in [5, 5.41) is 0. The molecule has 3 rings (SSSR count). The number of carbonyl (C=O) groups is 1. The van der Waals surface area contributed by atoms with Crippen LogP contribution in [0.4, 0.5) is 0 Å². The summed E-state index contributed by atoms with van der Waals surface area (Å²) < 4.78 is 16.5. The first-order valence-corrected chi connectivity index (χ1v) is 7.66. The molecule has 0 aliphatic carbocycles. The van der Waals surface area contributed by atoms with Gasteiger partial charge in [0.2, 0.25) is 5.91 Å². The van der Waals surface area contributed by atoms with E-state index in [0.717, 1.165) is 30.8 Å². The molecule has 0 saturated carbocycles. The molecule has 0 radical (unpaired) electrons. The van der Waals surface area contributed by atoms with Crippen molar-refractivity contribution >= 4 is 5.91 Å². The van der Waals surface area contributed by atoms with E-state index >= 15 is 0 Å². The van der Waals surface area contributed by atoms with E-state index in [0.29, 0.717) is 25.8 Å². The molecule has 116 valence electrons. The normalized spacial score (nSPS) is 27.2. The van der Waals surface area contributed by atoms with Gasteiger partial charge in [-0.05, 0) is 38.3 Å². The molecule has 2 aliphatic rings. The predicted molar refractivity (Wildman–Crippen MR) is 76.7 cm³/mol. The molecule has 1 aromatic heterocycles. The molecule has 2 saturated heterocycles. The molecule has 3 heterocycles. The summed E-state index contributed by atoms with van der Waals surface area (Å²) in [5.41, 5.74) is 0. The fraction of sp³-hybridized carbons (Fsp3) is 0.688. The number of hydrogen-bond acceptors (Lipinski definition) is 4. The minimum Gasteiger partial charge on any atom is -0.464 e. The molecule has 1 amide bonds. The van der Waals surface area contributed by atoms with Gasteiger partial charge in [0.25, 0.3) is 0 Å². The van der Waals surface area contributed by atoms with E-state index < -0.39 is 0 Å². The van der Waals surface area contributed by atoms with Crippen molar-refractivity contribution in [1.82, 2.24) is 4.90 Å². The van der Waals surface area contributed by atoms with E-state index in [9.17, 15) is 4.79 Å². The third-order valence-corrected chi connectivity index (χ3v) is 4.44. The van der Waals surface area contributed by atoms with Gasteiger partial charge in [0.15, 0.2) is 0 Å². The molecule has 3 atom stereocenters. The van der Waals surface area contributed by atoms with Crippen LogP contribution in [0.5, 0.6) is 0 Å². The zero-order valence-corrected chi connectivity index (χ0v) is 12.7. The summed E-state index contributed by atoms with van der Waals surface area (Å²) in [6.45, 7) is 3.54. The molecule has 2 aliphatic heterocycles. The minimum absolute atomic E-state index is 0.0108. The van der Waals surface area contributed by atoms with Crippen LogP contribution in [0.3, 0.4) is 0 Å². The van der Waals surface area contributed by atoms with Crippen LogP contribution in [0.2, 0.25) is 0 Å². The highest BCUT2D eigenvalue weighted by Gasteiger charge is 2.45. The van der Waals surface area contributed by atoms with Gasteiger partial charge in [-0.1, -0.05) is 0 Å². The van der Waals surface area contributed by atoms with Gasteiger partial charge in [-0.3, -0.25) is 4.79 Å². The van der Waals surface area contributed by atoms with Gasteiger partial charge in [-0.2, -0.15) is 0 Å². The maximum atomic E-state index is 12.8. The predicted octanol–water partition coefficient (Wildman–Crippen LogP) is 2.13. The number of hydrogen-bond donors (Lipinski definition) is 0. The van der Waals surface area contributed by atoms with Gasteiger partial charge in [0.05, 0.1) is 31.3 Å². The Labute approximate surface area is 125 Å². The first-order chi connectivity index (χ1) is 10.2. The largest absolute Gasteiger partial charge is 0.464 e. The lowest BCUT2D eigenvalue weighted by Crippen LogP contribution is -2.41. The van der Waals surface area contributed by atoms with Gasteiger partial charge in [0.1, 0.15) is 11.5 Å². The summed E-state index contributed by atoms with van der Waals surface area (Å²) >= 11 is 0. The highest BCUT2D eigenvalue weighted by atomic mass is 16.5. The molecular formula is C16H23NO4. The molecule has 1 aromatic rings. The van der Waals surface area contributed by atoms with E-state index in [2.05, 4.69) is 0 Å². The van der Waals surface area contributed by atoms with Crippen molar-refractivity contribution in [2.24, 2.45) is 5.92 Å². The number of nitrogens with zero attached hydrogens (tertiary/aromatic N) is 1. The van der Waals surface area contributed by atoms with E-state index in [1.807, 2.05) is 24.0 Å². The first-order valence-electron chi connectivity index (χ1n) is 7.66. The van der Waals surface area contributed by atoms with Crippen LogP contribution in [0.25, 0.3) is 0 Å². The molecule has 5 heteroatoms. The molecule has 3 unspecified atom stereocenters. The smallest absolute Gasteiger partial charge is 0.228 e. The summed E-state index contributed by atoms with van der Waals surface area (Å²) in [7, 11) is 1.65. The van der Waals surface area contributed by atoms with Crippen LogP contribution in [-0.2, 0) is 20.8 Å². The molecule has 0 spiro atoms. The second-order valence-corrected chi connectivity index (χ2v) is 5.98. The van der Waals surface area contributed by atoms with Gasteiger partial charge < -0.3 is 18.8 Å². The molecule has 21 heavy (non-hydrogen) atoms. The van der Waals surface area contributed by atoms with Gasteiger partial charge in [-0.15, -0.1) is 0 Å².